The molecule has 4 heterocycles. The highest BCUT2D eigenvalue weighted by atomic mass is 32.1. The van der Waals surface area contributed by atoms with Crippen LogP contribution in [0.5, 0.6) is 0 Å². The SMILES string of the molecule is Cc1nnc(N2CCCC(C(=O)NCCc3cccs3)C2)c2nn(-c3ccccc3)c(C)c12. The van der Waals surface area contributed by atoms with E-state index in [1.54, 1.807) is 11.3 Å². The summed E-state index contributed by atoms with van der Waals surface area (Å²) >= 11 is 1.73. The number of rotatable bonds is 6. The lowest BCUT2D eigenvalue weighted by molar-refractivity contribution is -0.125. The first-order chi connectivity index (χ1) is 16.1. The minimum atomic E-state index is -0.0578. The third-order valence-electron chi connectivity index (χ3n) is 6.33. The van der Waals surface area contributed by atoms with Crippen molar-refractivity contribution >= 4 is 34.0 Å². The molecule has 1 aromatic carbocycles. The van der Waals surface area contributed by atoms with Gasteiger partial charge in [0.15, 0.2) is 5.82 Å². The van der Waals surface area contributed by atoms with Gasteiger partial charge in [-0.25, -0.2) is 4.68 Å². The van der Waals surface area contributed by atoms with Crippen molar-refractivity contribution < 1.29 is 4.79 Å². The predicted octanol–water partition coefficient (Wildman–Crippen LogP) is 4.07. The van der Waals surface area contributed by atoms with Gasteiger partial charge in [-0.2, -0.15) is 10.2 Å². The lowest BCUT2D eigenvalue weighted by atomic mass is 9.97. The van der Waals surface area contributed by atoms with Gasteiger partial charge in [0.1, 0.15) is 5.52 Å². The van der Waals surface area contributed by atoms with Gasteiger partial charge in [-0.15, -0.1) is 16.4 Å². The summed E-state index contributed by atoms with van der Waals surface area (Å²) in [5.41, 5.74) is 3.78. The van der Waals surface area contributed by atoms with Crippen molar-refractivity contribution in [3.8, 4) is 5.69 Å². The summed E-state index contributed by atoms with van der Waals surface area (Å²) < 4.78 is 1.96. The van der Waals surface area contributed by atoms with Crippen LogP contribution in [-0.2, 0) is 11.2 Å². The zero-order valence-corrected chi connectivity index (χ0v) is 19.8. The fourth-order valence-electron chi connectivity index (χ4n) is 4.64. The summed E-state index contributed by atoms with van der Waals surface area (Å²) in [5.74, 6) is 0.834. The number of piperidine rings is 1. The Morgan fingerprint density at radius 2 is 2.00 bits per heavy atom. The van der Waals surface area contributed by atoms with Crippen LogP contribution in [0.2, 0.25) is 0 Å². The van der Waals surface area contributed by atoms with Crippen molar-refractivity contribution in [3.63, 3.8) is 0 Å². The molecule has 7 nitrogen and oxygen atoms in total. The van der Waals surface area contributed by atoms with Gasteiger partial charge in [0.2, 0.25) is 5.91 Å². The Hall–Kier alpha value is -3.26. The van der Waals surface area contributed by atoms with Crippen LogP contribution in [-0.4, -0.2) is 45.5 Å². The van der Waals surface area contributed by atoms with E-state index in [4.69, 9.17) is 5.10 Å². The molecule has 0 radical (unpaired) electrons. The number of hydrogen-bond acceptors (Lipinski definition) is 6. The van der Waals surface area contributed by atoms with Crippen LogP contribution < -0.4 is 10.2 Å². The Kier molecular flexibility index (Phi) is 6.09. The number of nitrogens with zero attached hydrogens (tertiary/aromatic N) is 5. The Morgan fingerprint density at radius 1 is 1.15 bits per heavy atom. The second-order valence-corrected chi connectivity index (χ2v) is 9.60. The Balaban J connectivity index is 1.37. The summed E-state index contributed by atoms with van der Waals surface area (Å²) in [6.07, 6.45) is 2.71. The van der Waals surface area contributed by atoms with Gasteiger partial charge < -0.3 is 10.2 Å². The number of hydrogen-bond donors (Lipinski definition) is 1. The van der Waals surface area contributed by atoms with E-state index in [1.165, 1.54) is 4.88 Å². The van der Waals surface area contributed by atoms with Crippen molar-refractivity contribution in [2.24, 2.45) is 5.92 Å². The van der Waals surface area contributed by atoms with Crippen LogP contribution in [0, 0.1) is 19.8 Å². The molecule has 1 atom stereocenters. The van der Waals surface area contributed by atoms with E-state index in [1.807, 2.05) is 48.0 Å². The summed E-state index contributed by atoms with van der Waals surface area (Å²) in [6, 6.07) is 14.3. The molecule has 1 fully saturated rings. The number of aromatic nitrogens is 4. The van der Waals surface area contributed by atoms with Gasteiger partial charge in [-0.05, 0) is 56.7 Å². The average molecular weight is 461 g/mol. The van der Waals surface area contributed by atoms with E-state index in [0.717, 1.165) is 59.6 Å². The molecule has 1 aliphatic heterocycles. The molecule has 1 aliphatic rings. The molecule has 1 N–H and O–H groups in total. The van der Waals surface area contributed by atoms with Crippen molar-refractivity contribution in [2.45, 2.75) is 33.1 Å². The molecule has 0 saturated carbocycles. The molecule has 0 spiro atoms. The maximum atomic E-state index is 12.9. The van der Waals surface area contributed by atoms with Crippen LogP contribution in [0.3, 0.4) is 0 Å². The first kappa shape index (κ1) is 21.6. The number of benzene rings is 1. The van der Waals surface area contributed by atoms with Gasteiger partial charge in [0, 0.05) is 24.5 Å². The normalized spacial score (nSPS) is 16.3. The number of thiophene rings is 1. The van der Waals surface area contributed by atoms with Crippen molar-refractivity contribution in [1.82, 2.24) is 25.3 Å². The lowest BCUT2D eigenvalue weighted by Crippen LogP contribution is -2.44. The van der Waals surface area contributed by atoms with Crippen molar-refractivity contribution in [1.29, 1.82) is 0 Å². The van der Waals surface area contributed by atoms with E-state index in [-0.39, 0.29) is 11.8 Å². The number of para-hydroxylation sites is 1. The predicted molar refractivity (Wildman–Crippen MR) is 132 cm³/mol. The zero-order valence-electron chi connectivity index (χ0n) is 19.0. The first-order valence-electron chi connectivity index (χ1n) is 11.4. The van der Waals surface area contributed by atoms with Gasteiger partial charge in [0.05, 0.1) is 28.4 Å². The number of anilines is 1. The monoisotopic (exact) mass is 460 g/mol. The van der Waals surface area contributed by atoms with Crippen molar-refractivity contribution in [3.05, 3.63) is 64.1 Å². The summed E-state index contributed by atoms with van der Waals surface area (Å²) in [4.78, 5) is 16.4. The minimum absolute atomic E-state index is 0.0578. The summed E-state index contributed by atoms with van der Waals surface area (Å²) in [7, 11) is 0. The standard InChI is InChI=1S/C25H28N6OS/c1-17-22-18(2)31(20-9-4-3-5-10-20)29-23(22)24(28-27-17)30-14-6-8-19(16-30)25(32)26-13-12-21-11-7-15-33-21/h3-5,7,9-11,15,19H,6,8,12-14,16H2,1-2H3,(H,26,32). The number of amides is 1. The molecule has 3 aromatic heterocycles. The molecular weight excluding hydrogens is 432 g/mol. The van der Waals surface area contributed by atoms with Crippen LogP contribution in [0.4, 0.5) is 5.82 Å². The highest BCUT2D eigenvalue weighted by Crippen LogP contribution is 2.31. The largest absolute Gasteiger partial charge is 0.355 e. The smallest absolute Gasteiger partial charge is 0.224 e. The molecule has 8 heteroatoms. The molecule has 5 rings (SSSR count). The van der Waals surface area contributed by atoms with Crippen molar-refractivity contribution in [2.75, 3.05) is 24.5 Å². The Labute approximate surface area is 197 Å². The van der Waals surface area contributed by atoms with Crippen LogP contribution in [0.25, 0.3) is 16.6 Å². The molecule has 170 valence electrons. The average Bonchev–Trinajstić information content (AvgIpc) is 3.48. The molecule has 0 bridgehead atoms. The molecule has 1 saturated heterocycles. The number of aryl methyl sites for hydroxylation is 2. The molecule has 0 aliphatic carbocycles. The number of nitrogens with one attached hydrogen (secondary N) is 1. The van der Waals surface area contributed by atoms with E-state index in [2.05, 4.69) is 38.8 Å². The molecule has 1 amide bonds. The van der Waals surface area contributed by atoms with E-state index in [0.29, 0.717) is 13.1 Å². The number of fused-ring (bicyclic) bond motifs is 1. The molecule has 1 unspecified atom stereocenters. The lowest BCUT2D eigenvalue weighted by Gasteiger charge is -2.32. The van der Waals surface area contributed by atoms with Crippen LogP contribution in [0.1, 0.15) is 29.1 Å². The minimum Gasteiger partial charge on any atom is -0.355 e. The topological polar surface area (TPSA) is 75.9 Å². The third kappa shape index (κ3) is 4.35. The fourth-order valence-corrected chi connectivity index (χ4v) is 5.35. The highest BCUT2D eigenvalue weighted by Gasteiger charge is 2.29. The molecule has 33 heavy (non-hydrogen) atoms. The van der Waals surface area contributed by atoms with Crippen LogP contribution in [0.15, 0.2) is 47.8 Å². The second-order valence-electron chi connectivity index (χ2n) is 8.57. The first-order valence-corrected chi connectivity index (χ1v) is 12.3. The van der Waals surface area contributed by atoms with E-state index >= 15 is 0 Å². The highest BCUT2D eigenvalue weighted by molar-refractivity contribution is 7.09. The second kappa shape index (κ2) is 9.31. The Bertz CT molecular complexity index is 1250. The van der Waals surface area contributed by atoms with E-state index < -0.39 is 0 Å². The Morgan fingerprint density at radius 3 is 2.79 bits per heavy atom. The number of carbonyl (C=O) groups excluding carboxylic acids is 1. The zero-order chi connectivity index (χ0) is 22.8. The maximum Gasteiger partial charge on any atom is 0.224 e. The van der Waals surface area contributed by atoms with Gasteiger partial charge in [-0.1, -0.05) is 24.3 Å². The maximum absolute atomic E-state index is 12.9. The summed E-state index contributed by atoms with van der Waals surface area (Å²) in [6.45, 7) is 6.20. The third-order valence-corrected chi connectivity index (χ3v) is 7.26. The number of carbonyl (C=O) groups is 1. The fraction of sp³-hybridized carbons (Fsp3) is 0.360. The quantitative estimate of drug-likeness (QED) is 0.469. The molecule has 4 aromatic rings. The van der Waals surface area contributed by atoms with Crippen LogP contribution >= 0.6 is 11.3 Å². The molecular formula is C25H28N6OS. The van der Waals surface area contributed by atoms with Gasteiger partial charge in [-0.3, -0.25) is 4.79 Å². The van der Waals surface area contributed by atoms with E-state index in [9.17, 15) is 4.79 Å². The van der Waals surface area contributed by atoms with Gasteiger partial charge >= 0.3 is 0 Å². The van der Waals surface area contributed by atoms with Gasteiger partial charge in [0.25, 0.3) is 0 Å². The summed E-state index contributed by atoms with van der Waals surface area (Å²) in [5, 5.41) is 20.2.